The van der Waals surface area contributed by atoms with E-state index in [-0.39, 0.29) is 18.1 Å². The maximum absolute atomic E-state index is 13.1. The van der Waals surface area contributed by atoms with E-state index >= 15 is 0 Å². The predicted molar refractivity (Wildman–Crippen MR) is 133 cm³/mol. The first-order valence-corrected chi connectivity index (χ1v) is 11.5. The van der Waals surface area contributed by atoms with Crippen molar-refractivity contribution in [2.45, 2.75) is 19.5 Å². The van der Waals surface area contributed by atoms with Gasteiger partial charge in [0.25, 0.3) is 0 Å². The number of methoxy groups -OCH3 is 1. The molecule has 0 saturated carbocycles. The molecule has 0 fully saturated rings. The first-order chi connectivity index (χ1) is 16.3. The van der Waals surface area contributed by atoms with Crippen LogP contribution in [0.5, 0.6) is 5.75 Å². The lowest BCUT2D eigenvalue weighted by atomic mass is 9.99. The van der Waals surface area contributed by atoms with Crippen molar-refractivity contribution in [2.24, 2.45) is 7.05 Å². The SMILES string of the molecule is COc1ccc2c(c1)CCN(C(=O)Cn1c(=O)n(C)c3cc(-c4cc(Cl)cc(Cl)c4)cnc31)C2. The van der Waals surface area contributed by atoms with Crippen molar-refractivity contribution in [3.63, 3.8) is 0 Å². The Morgan fingerprint density at radius 1 is 1.06 bits per heavy atom. The van der Waals surface area contributed by atoms with Crippen molar-refractivity contribution in [1.82, 2.24) is 19.0 Å². The van der Waals surface area contributed by atoms with Crippen molar-refractivity contribution in [3.05, 3.63) is 80.3 Å². The first kappa shape index (κ1) is 22.5. The van der Waals surface area contributed by atoms with E-state index in [4.69, 9.17) is 27.9 Å². The van der Waals surface area contributed by atoms with Crippen LogP contribution < -0.4 is 10.4 Å². The summed E-state index contributed by atoms with van der Waals surface area (Å²) in [5.74, 6) is 0.690. The summed E-state index contributed by atoms with van der Waals surface area (Å²) < 4.78 is 8.23. The van der Waals surface area contributed by atoms with Gasteiger partial charge < -0.3 is 9.64 Å². The monoisotopic (exact) mass is 496 g/mol. The lowest BCUT2D eigenvalue weighted by Crippen LogP contribution is -2.39. The number of carbonyl (C=O) groups is 1. The summed E-state index contributed by atoms with van der Waals surface area (Å²) in [7, 11) is 3.32. The fourth-order valence-electron chi connectivity index (χ4n) is 4.40. The molecule has 1 aliphatic rings. The van der Waals surface area contributed by atoms with E-state index in [0.717, 1.165) is 28.9 Å². The van der Waals surface area contributed by atoms with Crippen molar-refractivity contribution in [1.29, 1.82) is 0 Å². The van der Waals surface area contributed by atoms with Crippen LogP contribution in [-0.4, -0.2) is 38.6 Å². The zero-order valence-electron chi connectivity index (χ0n) is 18.7. The molecule has 1 aliphatic heterocycles. The van der Waals surface area contributed by atoms with Crippen LogP contribution in [0.25, 0.3) is 22.3 Å². The van der Waals surface area contributed by atoms with E-state index in [9.17, 15) is 9.59 Å². The number of aromatic nitrogens is 3. The van der Waals surface area contributed by atoms with E-state index in [1.165, 1.54) is 14.7 Å². The van der Waals surface area contributed by atoms with Gasteiger partial charge in [0.2, 0.25) is 5.91 Å². The minimum Gasteiger partial charge on any atom is -0.497 e. The minimum absolute atomic E-state index is 0.0724. The second-order valence-electron chi connectivity index (χ2n) is 8.35. The van der Waals surface area contributed by atoms with Gasteiger partial charge in [0, 0.05) is 41.9 Å². The number of carbonyl (C=O) groups excluding carboxylic acids is 1. The Morgan fingerprint density at radius 2 is 1.82 bits per heavy atom. The summed E-state index contributed by atoms with van der Waals surface area (Å²) in [4.78, 5) is 32.4. The number of benzene rings is 2. The van der Waals surface area contributed by atoms with E-state index in [1.54, 1.807) is 43.5 Å². The highest BCUT2D eigenvalue weighted by atomic mass is 35.5. The van der Waals surface area contributed by atoms with Gasteiger partial charge in [-0.05, 0) is 59.5 Å². The van der Waals surface area contributed by atoms with Crippen LogP contribution in [0.4, 0.5) is 0 Å². The van der Waals surface area contributed by atoms with E-state index in [2.05, 4.69) is 4.98 Å². The van der Waals surface area contributed by atoms with E-state index in [1.807, 2.05) is 24.3 Å². The van der Waals surface area contributed by atoms with Crippen LogP contribution in [0.2, 0.25) is 10.0 Å². The molecule has 1 amide bonds. The standard InChI is InChI=1S/C25H22Cl2N4O3/c1-29-22-10-18(17-7-19(26)11-20(27)8-17)12-28-24(22)31(25(29)33)14-23(32)30-6-5-15-9-21(34-2)4-3-16(15)13-30/h3-4,7-12H,5-6,13-14H2,1-2H3. The Morgan fingerprint density at radius 3 is 2.56 bits per heavy atom. The van der Waals surface area contributed by atoms with Gasteiger partial charge >= 0.3 is 5.69 Å². The molecule has 0 bridgehead atoms. The van der Waals surface area contributed by atoms with Gasteiger partial charge in [-0.3, -0.25) is 13.9 Å². The maximum Gasteiger partial charge on any atom is 0.330 e. The summed E-state index contributed by atoms with van der Waals surface area (Å²) in [6.07, 6.45) is 2.40. The Balaban J connectivity index is 1.43. The molecule has 0 radical (unpaired) electrons. The molecule has 0 unspecified atom stereocenters. The third kappa shape index (κ3) is 4.06. The van der Waals surface area contributed by atoms with Crippen molar-refractivity contribution >= 4 is 40.3 Å². The average Bonchev–Trinajstić information content (AvgIpc) is 3.07. The summed E-state index contributed by atoms with van der Waals surface area (Å²) in [6, 6.07) is 13.0. The number of hydrogen-bond acceptors (Lipinski definition) is 4. The number of fused-ring (bicyclic) bond motifs is 2. The highest BCUT2D eigenvalue weighted by molar-refractivity contribution is 6.35. The molecular formula is C25H22Cl2N4O3. The average molecular weight is 497 g/mol. The van der Waals surface area contributed by atoms with Gasteiger partial charge in [0.1, 0.15) is 12.3 Å². The van der Waals surface area contributed by atoms with Crippen LogP contribution in [0.15, 0.2) is 53.5 Å². The Bertz CT molecular complexity index is 1470. The van der Waals surface area contributed by atoms with Crippen molar-refractivity contribution in [2.75, 3.05) is 13.7 Å². The molecule has 0 aliphatic carbocycles. The molecule has 0 spiro atoms. The number of halogens is 2. The van der Waals surface area contributed by atoms with Gasteiger partial charge in [-0.2, -0.15) is 0 Å². The van der Waals surface area contributed by atoms with Crippen LogP contribution >= 0.6 is 23.2 Å². The summed E-state index contributed by atoms with van der Waals surface area (Å²) >= 11 is 12.3. The summed E-state index contributed by atoms with van der Waals surface area (Å²) in [5.41, 5.74) is 4.64. The fourth-order valence-corrected chi connectivity index (χ4v) is 4.93. The van der Waals surface area contributed by atoms with Gasteiger partial charge in [-0.1, -0.05) is 29.3 Å². The molecule has 9 heteroatoms. The summed E-state index contributed by atoms with van der Waals surface area (Å²) in [5, 5.41) is 1.03. The molecule has 174 valence electrons. The zero-order chi connectivity index (χ0) is 24.0. The highest BCUT2D eigenvalue weighted by Crippen LogP contribution is 2.29. The highest BCUT2D eigenvalue weighted by Gasteiger charge is 2.23. The molecule has 34 heavy (non-hydrogen) atoms. The molecule has 0 saturated heterocycles. The number of amides is 1. The van der Waals surface area contributed by atoms with E-state index in [0.29, 0.717) is 34.3 Å². The molecule has 2 aromatic carbocycles. The maximum atomic E-state index is 13.1. The lowest BCUT2D eigenvalue weighted by Gasteiger charge is -2.29. The Kier molecular flexibility index (Phi) is 5.83. The number of aryl methyl sites for hydroxylation is 1. The number of ether oxygens (including phenoxy) is 1. The molecule has 5 rings (SSSR count). The number of hydrogen-bond donors (Lipinski definition) is 0. The largest absolute Gasteiger partial charge is 0.497 e. The Hall–Kier alpha value is -3.29. The third-order valence-electron chi connectivity index (χ3n) is 6.25. The fraction of sp³-hybridized carbons (Fsp3) is 0.240. The normalized spacial score (nSPS) is 13.2. The first-order valence-electron chi connectivity index (χ1n) is 10.8. The number of nitrogens with zero attached hydrogens (tertiary/aromatic N) is 4. The molecular weight excluding hydrogens is 475 g/mol. The van der Waals surface area contributed by atoms with Crippen LogP contribution in [-0.2, 0) is 31.4 Å². The predicted octanol–water partition coefficient (Wildman–Crippen LogP) is 4.30. The third-order valence-corrected chi connectivity index (χ3v) is 6.69. The minimum atomic E-state index is -0.292. The van der Waals surface area contributed by atoms with Gasteiger partial charge in [-0.15, -0.1) is 0 Å². The van der Waals surface area contributed by atoms with Gasteiger partial charge in [0.15, 0.2) is 5.65 Å². The summed E-state index contributed by atoms with van der Waals surface area (Å²) in [6.45, 7) is 1.02. The smallest absolute Gasteiger partial charge is 0.330 e. The molecule has 4 aromatic rings. The topological polar surface area (TPSA) is 69.4 Å². The van der Waals surface area contributed by atoms with Crippen LogP contribution in [0.3, 0.4) is 0 Å². The second-order valence-corrected chi connectivity index (χ2v) is 9.23. The molecule has 2 aromatic heterocycles. The lowest BCUT2D eigenvalue weighted by molar-refractivity contribution is -0.132. The van der Waals surface area contributed by atoms with Gasteiger partial charge in [-0.25, -0.2) is 9.78 Å². The Labute approximate surface area is 206 Å². The number of imidazole rings is 1. The van der Waals surface area contributed by atoms with Gasteiger partial charge in [0.05, 0.1) is 12.6 Å². The second kappa shape index (κ2) is 8.81. The number of pyridine rings is 1. The molecule has 3 heterocycles. The quantitative estimate of drug-likeness (QED) is 0.422. The van der Waals surface area contributed by atoms with Crippen molar-refractivity contribution in [3.8, 4) is 16.9 Å². The number of rotatable bonds is 4. The molecule has 0 N–H and O–H groups in total. The van der Waals surface area contributed by atoms with Crippen molar-refractivity contribution < 1.29 is 9.53 Å². The van der Waals surface area contributed by atoms with E-state index < -0.39 is 0 Å². The zero-order valence-corrected chi connectivity index (χ0v) is 20.2. The molecule has 7 nitrogen and oxygen atoms in total. The molecule has 0 atom stereocenters. The van der Waals surface area contributed by atoms with Crippen LogP contribution in [0.1, 0.15) is 11.1 Å². The van der Waals surface area contributed by atoms with Crippen LogP contribution in [0, 0.1) is 0 Å².